The molecule has 6 nitrogen and oxygen atoms in total. The number of nitrogens with two attached hydrogens (primary N) is 1. The molecule has 0 fully saturated rings. The maximum atomic E-state index is 12.9. The first kappa shape index (κ1) is 20.2. The Hall–Kier alpha value is -2.09. The molecule has 0 saturated carbocycles. The smallest absolute Gasteiger partial charge is 0.264 e. The van der Waals surface area contributed by atoms with Crippen molar-refractivity contribution in [3.05, 3.63) is 59.1 Å². The molecule has 0 spiro atoms. The van der Waals surface area contributed by atoms with Crippen LogP contribution in [-0.4, -0.2) is 33.5 Å². The van der Waals surface area contributed by atoms with Crippen LogP contribution in [0.15, 0.2) is 53.4 Å². The number of nitrogens with one attached hydrogen (secondary N) is 1. The molecule has 0 bridgehead atoms. The van der Waals surface area contributed by atoms with Crippen molar-refractivity contribution in [2.75, 3.05) is 17.9 Å². The average molecular weight is 396 g/mol. The fourth-order valence-electron chi connectivity index (χ4n) is 2.20. The summed E-state index contributed by atoms with van der Waals surface area (Å²) in [6.45, 7) is 3.84. The van der Waals surface area contributed by atoms with Crippen molar-refractivity contribution in [1.82, 2.24) is 5.32 Å². The summed E-state index contributed by atoms with van der Waals surface area (Å²) >= 11 is 5.94. The monoisotopic (exact) mass is 395 g/mol. The normalized spacial score (nSPS) is 11.9. The van der Waals surface area contributed by atoms with Crippen molar-refractivity contribution in [3.8, 4) is 0 Å². The summed E-state index contributed by atoms with van der Waals surface area (Å²) < 4.78 is 26.9. The van der Waals surface area contributed by atoms with E-state index in [0.29, 0.717) is 10.7 Å². The van der Waals surface area contributed by atoms with Crippen LogP contribution in [0.3, 0.4) is 0 Å². The van der Waals surface area contributed by atoms with E-state index in [9.17, 15) is 13.2 Å². The Labute approximate surface area is 159 Å². The van der Waals surface area contributed by atoms with Crippen molar-refractivity contribution in [2.24, 2.45) is 5.73 Å². The van der Waals surface area contributed by atoms with E-state index in [2.05, 4.69) is 5.32 Å². The lowest BCUT2D eigenvalue weighted by atomic mass is 10.1. The van der Waals surface area contributed by atoms with E-state index >= 15 is 0 Å². The van der Waals surface area contributed by atoms with Gasteiger partial charge in [-0.25, -0.2) is 8.42 Å². The maximum Gasteiger partial charge on any atom is 0.264 e. The van der Waals surface area contributed by atoms with Crippen molar-refractivity contribution in [1.29, 1.82) is 0 Å². The Bertz CT molecular complexity index is 913. The van der Waals surface area contributed by atoms with Gasteiger partial charge in [-0.05, 0) is 50.2 Å². The van der Waals surface area contributed by atoms with E-state index < -0.39 is 15.6 Å². The first-order valence-corrected chi connectivity index (χ1v) is 9.76. The predicted molar refractivity (Wildman–Crippen MR) is 104 cm³/mol. The molecule has 0 aliphatic carbocycles. The maximum absolute atomic E-state index is 12.9. The topological polar surface area (TPSA) is 92.5 Å². The van der Waals surface area contributed by atoms with Crippen LogP contribution in [0.2, 0.25) is 5.02 Å². The number of benzene rings is 2. The molecular formula is C18H22ClN3O3S. The molecule has 0 aliphatic rings. The molecule has 0 aromatic heterocycles. The van der Waals surface area contributed by atoms with Crippen LogP contribution in [-0.2, 0) is 10.0 Å². The third kappa shape index (κ3) is 4.55. The number of sulfonamides is 1. The Morgan fingerprint density at radius 3 is 2.46 bits per heavy atom. The van der Waals surface area contributed by atoms with Crippen molar-refractivity contribution in [3.63, 3.8) is 0 Å². The lowest BCUT2D eigenvalue weighted by molar-refractivity contribution is 0.0915. The molecular weight excluding hydrogens is 374 g/mol. The quantitative estimate of drug-likeness (QED) is 0.786. The van der Waals surface area contributed by atoms with Gasteiger partial charge in [-0.1, -0.05) is 23.7 Å². The number of nitrogens with zero attached hydrogens (tertiary/aromatic N) is 1. The summed E-state index contributed by atoms with van der Waals surface area (Å²) in [5.41, 5.74) is 5.70. The molecule has 8 heteroatoms. The zero-order chi connectivity index (χ0) is 19.5. The van der Waals surface area contributed by atoms with E-state index in [1.165, 1.54) is 25.2 Å². The number of hydrogen-bond acceptors (Lipinski definition) is 4. The Kier molecular flexibility index (Phi) is 5.95. The van der Waals surface area contributed by atoms with Gasteiger partial charge in [-0.3, -0.25) is 9.10 Å². The van der Waals surface area contributed by atoms with Crippen LogP contribution in [0.5, 0.6) is 0 Å². The minimum absolute atomic E-state index is 0.0122. The van der Waals surface area contributed by atoms with Crippen LogP contribution in [0.1, 0.15) is 24.2 Å². The number of halogens is 1. The molecule has 0 atom stereocenters. The molecule has 0 saturated heterocycles. The minimum atomic E-state index is -3.84. The molecule has 2 aromatic carbocycles. The van der Waals surface area contributed by atoms with Crippen LogP contribution >= 0.6 is 11.6 Å². The van der Waals surface area contributed by atoms with Gasteiger partial charge in [0.2, 0.25) is 0 Å². The van der Waals surface area contributed by atoms with Gasteiger partial charge in [0.15, 0.2) is 0 Å². The zero-order valence-electron chi connectivity index (χ0n) is 14.9. The van der Waals surface area contributed by atoms with Gasteiger partial charge in [-0.2, -0.15) is 0 Å². The molecule has 0 heterocycles. The number of carbonyl (C=O) groups excluding carboxylic acids is 1. The van der Waals surface area contributed by atoms with Gasteiger partial charge in [0.1, 0.15) is 0 Å². The van der Waals surface area contributed by atoms with Crippen LogP contribution in [0.4, 0.5) is 5.69 Å². The summed E-state index contributed by atoms with van der Waals surface area (Å²) in [6.07, 6.45) is 0. The van der Waals surface area contributed by atoms with Crippen LogP contribution in [0, 0.1) is 0 Å². The Morgan fingerprint density at radius 2 is 1.85 bits per heavy atom. The highest BCUT2D eigenvalue weighted by Gasteiger charge is 2.24. The number of hydrogen-bond donors (Lipinski definition) is 2. The van der Waals surface area contributed by atoms with E-state index in [-0.39, 0.29) is 22.9 Å². The van der Waals surface area contributed by atoms with Gasteiger partial charge in [0, 0.05) is 29.7 Å². The number of carbonyl (C=O) groups is 1. The average Bonchev–Trinajstić information content (AvgIpc) is 2.60. The fourth-order valence-corrected chi connectivity index (χ4v) is 3.62. The highest BCUT2D eigenvalue weighted by atomic mass is 35.5. The number of rotatable bonds is 6. The second-order valence-electron chi connectivity index (χ2n) is 6.52. The summed E-state index contributed by atoms with van der Waals surface area (Å²) in [7, 11) is -2.41. The fraction of sp³-hybridized carbons (Fsp3) is 0.278. The van der Waals surface area contributed by atoms with Crippen molar-refractivity contribution >= 4 is 33.2 Å². The minimum Gasteiger partial charge on any atom is -0.346 e. The lowest BCUT2D eigenvalue weighted by Gasteiger charge is -2.24. The number of anilines is 1. The molecule has 3 N–H and O–H groups in total. The van der Waals surface area contributed by atoms with E-state index in [0.717, 1.165) is 4.31 Å². The molecule has 1 amide bonds. The summed E-state index contributed by atoms with van der Waals surface area (Å²) in [5.74, 6) is -0.386. The van der Waals surface area contributed by atoms with E-state index in [4.69, 9.17) is 17.3 Å². The van der Waals surface area contributed by atoms with Crippen molar-refractivity contribution in [2.45, 2.75) is 24.3 Å². The summed E-state index contributed by atoms with van der Waals surface area (Å²) in [6, 6.07) is 12.4. The SMILES string of the molecule is CN(c1cccc(Cl)c1)S(=O)(=O)c1cccc(C(=O)NC(C)(C)CN)c1. The lowest BCUT2D eigenvalue weighted by Crippen LogP contribution is -2.48. The van der Waals surface area contributed by atoms with Gasteiger partial charge < -0.3 is 11.1 Å². The largest absolute Gasteiger partial charge is 0.346 e. The third-order valence-electron chi connectivity index (χ3n) is 3.89. The second-order valence-corrected chi connectivity index (χ2v) is 8.93. The van der Waals surface area contributed by atoms with Crippen LogP contribution < -0.4 is 15.4 Å². The summed E-state index contributed by atoms with van der Waals surface area (Å²) in [4.78, 5) is 12.4. The zero-order valence-corrected chi connectivity index (χ0v) is 16.4. The number of amides is 1. The standard InChI is InChI=1S/C18H22ClN3O3S/c1-18(2,12-20)21-17(23)13-6-4-9-16(10-13)26(24,25)22(3)15-8-5-7-14(19)11-15/h4-11H,12,20H2,1-3H3,(H,21,23). The van der Waals surface area contributed by atoms with Crippen molar-refractivity contribution < 1.29 is 13.2 Å². The van der Waals surface area contributed by atoms with Gasteiger partial charge in [0.05, 0.1) is 10.6 Å². The molecule has 0 aliphatic heterocycles. The highest BCUT2D eigenvalue weighted by Crippen LogP contribution is 2.25. The van der Waals surface area contributed by atoms with E-state index in [1.54, 1.807) is 44.2 Å². The van der Waals surface area contributed by atoms with Gasteiger partial charge in [-0.15, -0.1) is 0 Å². The predicted octanol–water partition coefficient (Wildman–Crippen LogP) is 2.63. The first-order valence-electron chi connectivity index (χ1n) is 7.94. The molecule has 140 valence electrons. The van der Waals surface area contributed by atoms with Crippen LogP contribution in [0.25, 0.3) is 0 Å². The summed E-state index contributed by atoms with van der Waals surface area (Å²) in [5, 5.41) is 3.21. The molecule has 2 rings (SSSR count). The third-order valence-corrected chi connectivity index (χ3v) is 5.91. The molecule has 0 unspecified atom stereocenters. The van der Waals surface area contributed by atoms with Gasteiger partial charge in [0.25, 0.3) is 15.9 Å². The first-order chi connectivity index (χ1) is 12.1. The van der Waals surface area contributed by atoms with Gasteiger partial charge >= 0.3 is 0 Å². The molecule has 2 aromatic rings. The Balaban J connectivity index is 2.35. The molecule has 26 heavy (non-hydrogen) atoms. The second kappa shape index (κ2) is 7.65. The Morgan fingerprint density at radius 1 is 1.19 bits per heavy atom. The molecule has 0 radical (unpaired) electrons. The van der Waals surface area contributed by atoms with E-state index in [1.807, 2.05) is 0 Å². The highest BCUT2D eigenvalue weighted by molar-refractivity contribution is 7.92.